The van der Waals surface area contributed by atoms with Crippen LogP contribution in [-0.4, -0.2) is 44.4 Å². The zero-order valence-corrected chi connectivity index (χ0v) is 16.8. The van der Waals surface area contributed by atoms with Gasteiger partial charge in [-0.3, -0.25) is 4.79 Å². The van der Waals surface area contributed by atoms with Crippen molar-refractivity contribution in [3.63, 3.8) is 0 Å². The molecule has 2 heterocycles. The van der Waals surface area contributed by atoms with Gasteiger partial charge in [0, 0.05) is 25.2 Å². The zero-order chi connectivity index (χ0) is 18.6. The summed E-state index contributed by atoms with van der Waals surface area (Å²) in [4.78, 5) is 14.9. The van der Waals surface area contributed by atoms with E-state index in [0.717, 1.165) is 48.0 Å². The first kappa shape index (κ1) is 18.5. The average molecular weight is 385 g/mol. The van der Waals surface area contributed by atoms with Gasteiger partial charge in [0.05, 0.1) is 5.75 Å². The van der Waals surface area contributed by atoms with Crippen LogP contribution in [0.5, 0.6) is 0 Å². The smallest absolute Gasteiger partial charge is 0.233 e. The molecule has 1 amide bonds. The van der Waals surface area contributed by atoms with E-state index in [1.807, 2.05) is 30.3 Å². The Bertz CT molecular complexity index is 776. The average Bonchev–Trinajstić information content (AvgIpc) is 3.15. The molecule has 0 unspecified atom stereocenters. The van der Waals surface area contributed by atoms with Crippen LogP contribution >= 0.6 is 11.8 Å². The Morgan fingerprint density at radius 3 is 2.67 bits per heavy atom. The maximum atomic E-state index is 12.8. The number of rotatable bonds is 5. The van der Waals surface area contributed by atoms with Crippen molar-refractivity contribution >= 4 is 17.7 Å². The molecule has 144 valence electrons. The van der Waals surface area contributed by atoms with Crippen LogP contribution in [-0.2, 0) is 11.3 Å². The van der Waals surface area contributed by atoms with Crippen LogP contribution in [0.1, 0.15) is 39.0 Å². The van der Waals surface area contributed by atoms with Gasteiger partial charge in [-0.25, -0.2) is 0 Å². The molecule has 1 aromatic heterocycles. The number of likely N-dealkylation sites (tertiary alicyclic amines) is 1. The third kappa shape index (κ3) is 4.05. The first-order chi connectivity index (χ1) is 13.3. The van der Waals surface area contributed by atoms with Gasteiger partial charge in [-0.2, -0.15) is 0 Å². The molecule has 6 heteroatoms. The van der Waals surface area contributed by atoms with E-state index in [2.05, 4.69) is 26.6 Å². The number of amides is 1. The summed E-state index contributed by atoms with van der Waals surface area (Å²) in [6, 6.07) is 10.1. The van der Waals surface area contributed by atoms with Gasteiger partial charge < -0.3 is 9.47 Å². The minimum absolute atomic E-state index is 0.246. The van der Waals surface area contributed by atoms with Crippen molar-refractivity contribution in [2.45, 2.75) is 50.7 Å². The second-order valence-corrected chi connectivity index (χ2v) is 8.58. The first-order valence-electron chi connectivity index (χ1n) is 10.2. The molecule has 2 atom stereocenters. The number of piperidine rings is 1. The molecule has 4 rings (SSSR count). The highest BCUT2D eigenvalue weighted by Gasteiger charge is 2.32. The van der Waals surface area contributed by atoms with Crippen molar-refractivity contribution in [2.24, 2.45) is 11.8 Å². The molecule has 1 aliphatic heterocycles. The Morgan fingerprint density at radius 2 is 1.89 bits per heavy atom. The van der Waals surface area contributed by atoms with E-state index in [-0.39, 0.29) is 5.91 Å². The molecule has 0 radical (unpaired) electrons. The highest BCUT2D eigenvalue weighted by molar-refractivity contribution is 7.99. The van der Waals surface area contributed by atoms with Gasteiger partial charge in [0.2, 0.25) is 5.91 Å². The van der Waals surface area contributed by atoms with Crippen LogP contribution in [0.25, 0.3) is 11.4 Å². The van der Waals surface area contributed by atoms with E-state index >= 15 is 0 Å². The fourth-order valence-electron chi connectivity index (χ4n) is 4.53. The normalized spacial score (nSPS) is 22.5. The van der Waals surface area contributed by atoms with Crippen molar-refractivity contribution in [1.82, 2.24) is 19.7 Å². The summed E-state index contributed by atoms with van der Waals surface area (Å²) in [5.41, 5.74) is 1.06. The number of aromatic nitrogens is 3. The Morgan fingerprint density at radius 1 is 1.11 bits per heavy atom. The van der Waals surface area contributed by atoms with Crippen molar-refractivity contribution in [1.29, 1.82) is 0 Å². The second kappa shape index (κ2) is 8.46. The highest BCUT2D eigenvalue weighted by atomic mass is 32.2. The van der Waals surface area contributed by atoms with Gasteiger partial charge in [0.1, 0.15) is 0 Å². The molecule has 1 saturated carbocycles. The second-order valence-electron chi connectivity index (χ2n) is 7.64. The van der Waals surface area contributed by atoms with Gasteiger partial charge in [-0.15, -0.1) is 10.2 Å². The SMILES string of the molecule is CCn1c(SCC(=O)N2CC[C@H]3CCCC[C@H]3C2)nnc1-c1ccccc1. The van der Waals surface area contributed by atoms with Gasteiger partial charge in [-0.1, -0.05) is 61.4 Å². The number of fused-ring (bicyclic) bond motifs is 1. The van der Waals surface area contributed by atoms with E-state index in [0.29, 0.717) is 5.75 Å². The number of thioether (sulfide) groups is 1. The Hall–Kier alpha value is -1.82. The molecular formula is C21H28N4OS. The molecule has 2 aliphatic rings. The highest BCUT2D eigenvalue weighted by Crippen LogP contribution is 2.36. The standard InChI is InChI=1S/C21H28N4OS/c1-2-25-20(17-9-4-3-5-10-17)22-23-21(25)27-15-19(26)24-13-12-16-8-6-7-11-18(16)14-24/h3-5,9-10,16,18H,2,6-8,11-15H2,1H3/t16-,18+/m1/s1. The van der Waals surface area contributed by atoms with Crippen LogP contribution in [0.15, 0.2) is 35.5 Å². The fraction of sp³-hybridized carbons (Fsp3) is 0.571. The summed E-state index contributed by atoms with van der Waals surface area (Å²) in [6.07, 6.45) is 6.56. The van der Waals surface area contributed by atoms with Crippen molar-refractivity contribution in [3.05, 3.63) is 30.3 Å². The number of carbonyl (C=O) groups excluding carboxylic acids is 1. The first-order valence-corrected chi connectivity index (χ1v) is 11.1. The number of hydrogen-bond acceptors (Lipinski definition) is 4. The van der Waals surface area contributed by atoms with Crippen LogP contribution < -0.4 is 0 Å². The molecule has 1 saturated heterocycles. The Kier molecular flexibility index (Phi) is 5.81. The molecule has 0 N–H and O–H groups in total. The topological polar surface area (TPSA) is 51.0 Å². The van der Waals surface area contributed by atoms with E-state index in [9.17, 15) is 4.79 Å². The number of benzene rings is 1. The van der Waals surface area contributed by atoms with Gasteiger partial charge in [-0.05, 0) is 31.6 Å². The lowest BCUT2D eigenvalue weighted by Gasteiger charge is -2.41. The molecule has 27 heavy (non-hydrogen) atoms. The summed E-state index contributed by atoms with van der Waals surface area (Å²) < 4.78 is 2.10. The lowest BCUT2D eigenvalue weighted by molar-refractivity contribution is -0.131. The third-order valence-corrected chi connectivity index (χ3v) is 6.99. The van der Waals surface area contributed by atoms with Gasteiger partial charge in [0.25, 0.3) is 0 Å². The summed E-state index contributed by atoms with van der Waals surface area (Å²) in [5, 5.41) is 9.55. The van der Waals surface area contributed by atoms with E-state index in [1.165, 1.54) is 43.9 Å². The van der Waals surface area contributed by atoms with Crippen LogP contribution in [0, 0.1) is 11.8 Å². The zero-order valence-electron chi connectivity index (χ0n) is 16.0. The van der Waals surface area contributed by atoms with E-state index < -0.39 is 0 Å². The third-order valence-electron chi connectivity index (χ3n) is 6.03. The molecule has 0 bridgehead atoms. The summed E-state index contributed by atoms with van der Waals surface area (Å²) in [6.45, 7) is 4.77. The molecule has 1 aromatic carbocycles. The van der Waals surface area contributed by atoms with E-state index in [4.69, 9.17) is 0 Å². The molecule has 2 aromatic rings. The minimum Gasteiger partial charge on any atom is -0.342 e. The molecule has 1 aliphatic carbocycles. The van der Waals surface area contributed by atoms with Gasteiger partial charge in [0.15, 0.2) is 11.0 Å². The summed E-state index contributed by atoms with van der Waals surface area (Å²) in [7, 11) is 0. The lowest BCUT2D eigenvalue weighted by atomic mass is 9.75. The lowest BCUT2D eigenvalue weighted by Crippen LogP contribution is -2.45. The predicted octanol–water partition coefficient (Wildman–Crippen LogP) is 4.10. The van der Waals surface area contributed by atoms with Crippen LogP contribution in [0.3, 0.4) is 0 Å². The number of hydrogen-bond donors (Lipinski definition) is 0. The molecule has 2 fully saturated rings. The number of carbonyl (C=O) groups is 1. The maximum absolute atomic E-state index is 12.8. The van der Waals surface area contributed by atoms with Gasteiger partial charge >= 0.3 is 0 Å². The van der Waals surface area contributed by atoms with Crippen molar-refractivity contribution in [3.8, 4) is 11.4 Å². The van der Waals surface area contributed by atoms with Crippen LogP contribution in [0.4, 0.5) is 0 Å². The van der Waals surface area contributed by atoms with E-state index in [1.54, 1.807) is 0 Å². The van der Waals surface area contributed by atoms with Crippen LogP contribution in [0.2, 0.25) is 0 Å². The Labute approximate surface area is 165 Å². The van der Waals surface area contributed by atoms with Crippen molar-refractivity contribution in [2.75, 3.05) is 18.8 Å². The quantitative estimate of drug-likeness (QED) is 0.729. The Balaban J connectivity index is 1.39. The fourth-order valence-corrected chi connectivity index (χ4v) is 5.43. The number of nitrogens with zero attached hydrogens (tertiary/aromatic N) is 4. The molecule has 5 nitrogen and oxygen atoms in total. The maximum Gasteiger partial charge on any atom is 0.233 e. The van der Waals surface area contributed by atoms with Crippen molar-refractivity contribution < 1.29 is 4.79 Å². The minimum atomic E-state index is 0.246. The molecular weight excluding hydrogens is 356 g/mol. The predicted molar refractivity (Wildman–Crippen MR) is 109 cm³/mol. The largest absolute Gasteiger partial charge is 0.342 e. The monoisotopic (exact) mass is 384 g/mol. The summed E-state index contributed by atoms with van der Waals surface area (Å²) >= 11 is 1.52. The summed E-state index contributed by atoms with van der Waals surface area (Å²) in [5.74, 6) is 3.15. The molecule has 0 spiro atoms.